The Morgan fingerprint density at radius 2 is 2.15 bits per heavy atom. The zero-order valence-corrected chi connectivity index (χ0v) is 11.7. The van der Waals surface area contributed by atoms with Crippen LogP contribution in [0.2, 0.25) is 0 Å². The molecule has 1 aliphatic rings. The topological polar surface area (TPSA) is 63.9 Å². The fourth-order valence-corrected chi connectivity index (χ4v) is 2.55. The Labute approximate surface area is 117 Å². The number of aromatic nitrogens is 4. The number of nitrogens with zero attached hydrogens (tertiary/aromatic N) is 5. The highest BCUT2D eigenvalue weighted by atomic mass is 16.2. The molecule has 0 fully saturated rings. The van der Waals surface area contributed by atoms with Gasteiger partial charge in [-0.25, -0.2) is 4.98 Å². The second kappa shape index (κ2) is 5.03. The molecule has 0 saturated carbocycles. The first kappa shape index (κ1) is 12.8. The second-order valence-corrected chi connectivity index (χ2v) is 5.01. The van der Waals surface area contributed by atoms with E-state index in [1.165, 1.54) is 0 Å². The SMILES string of the molecule is Cc1nc(C)n(CCCN2Cc3ncccc3C2=O)n1. The van der Waals surface area contributed by atoms with Crippen LogP contribution in [0.1, 0.15) is 34.1 Å². The minimum Gasteiger partial charge on any atom is -0.333 e. The highest BCUT2D eigenvalue weighted by Crippen LogP contribution is 2.20. The van der Waals surface area contributed by atoms with Gasteiger partial charge in [0.2, 0.25) is 0 Å². The number of hydrogen-bond donors (Lipinski definition) is 0. The Balaban J connectivity index is 1.58. The van der Waals surface area contributed by atoms with Crippen LogP contribution >= 0.6 is 0 Å². The van der Waals surface area contributed by atoms with Crippen molar-refractivity contribution in [2.75, 3.05) is 6.54 Å². The van der Waals surface area contributed by atoms with Crippen molar-refractivity contribution in [1.29, 1.82) is 0 Å². The molecule has 2 aromatic rings. The highest BCUT2D eigenvalue weighted by Gasteiger charge is 2.27. The first-order valence-electron chi connectivity index (χ1n) is 6.76. The summed E-state index contributed by atoms with van der Waals surface area (Å²) in [6, 6.07) is 3.65. The van der Waals surface area contributed by atoms with Crippen molar-refractivity contribution < 1.29 is 4.79 Å². The van der Waals surface area contributed by atoms with Gasteiger partial charge in [-0.2, -0.15) is 5.10 Å². The lowest BCUT2D eigenvalue weighted by Gasteiger charge is -2.15. The van der Waals surface area contributed by atoms with Gasteiger partial charge in [0.25, 0.3) is 5.91 Å². The fourth-order valence-electron chi connectivity index (χ4n) is 2.55. The summed E-state index contributed by atoms with van der Waals surface area (Å²) in [5, 5.41) is 4.32. The molecule has 6 nitrogen and oxygen atoms in total. The standard InChI is InChI=1S/C14H17N5O/c1-10-16-11(2)19(17-10)8-4-7-18-9-13-12(14(18)20)5-3-6-15-13/h3,5-6H,4,7-9H2,1-2H3. The van der Waals surface area contributed by atoms with Gasteiger partial charge in [0.05, 0.1) is 17.8 Å². The maximum absolute atomic E-state index is 12.2. The molecule has 0 bridgehead atoms. The highest BCUT2D eigenvalue weighted by molar-refractivity contribution is 5.97. The van der Waals surface area contributed by atoms with Crippen molar-refractivity contribution in [3.63, 3.8) is 0 Å². The molecule has 20 heavy (non-hydrogen) atoms. The molecule has 2 aromatic heterocycles. The van der Waals surface area contributed by atoms with E-state index in [0.29, 0.717) is 13.1 Å². The molecule has 0 N–H and O–H groups in total. The van der Waals surface area contributed by atoms with E-state index in [1.807, 2.05) is 35.6 Å². The van der Waals surface area contributed by atoms with Crippen molar-refractivity contribution in [2.24, 2.45) is 0 Å². The Bertz CT molecular complexity index is 649. The molecule has 0 radical (unpaired) electrons. The zero-order chi connectivity index (χ0) is 14.1. The lowest BCUT2D eigenvalue weighted by Crippen LogP contribution is -2.26. The predicted molar refractivity (Wildman–Crippen MR) is 73.1 cm³/mol. The zero-order valence-electron chi connectivity index (χ0n) is 11.7. The number of rotatable bonds is 4. The summed E-state index contributed by atoms with van der Waals surface area (Å²) in [5.74, 6) is 1.79. The largest absolute Gasteiger partial charge is 0.333 e. The molecule has 0 spiro atoms. The number of pyridine rings is 1. The number of aryl methyl sites for hydroxylation is 3. The summed E-state index contributed by atoms with van der Waals surface area (Å²) in [7, 11) is 0. The Hall–Kier alpha value is -2.24. The first-order valence-corrected chi connectivity index (χ1v) is 6.76. The van der Waals surface area contributed by atoms with Gasteiger partial charge in [-0.1, -0.05) is 0 Å². The first-order chi connectivity index (χ1) is 9.65. The molecule has 104 valence electrons. The van der Waals surface area contributed by atoms with E-state index in [-0.39, 0.29) is 5.91 Å². The lowest BCUT2D eigenvalue weighted by atomic mass is 10.2. The maximum Gasteiger partial charge on any atom is 0.256 e. The lowest BCUT2D eigenvalue weighted by molar-refractivity contribution is 0.0774. The number of amides is 1. The summed E-state index contributed by atoms with van der Waals surface area (Å²) in [6.45, 7) is 5.94. The van der Waals surface area contributed by atoms with E-state index < -0.39 is 0 Å². The van der Waals surface area contributed by atoms with Crippen LogP contribution < -0.4 is 0 Å². The monoisotopic (exact) mass is 271 g/mol. The van der Waals surface area contributed by atoms with Crippen LogP contribution in [0, 0.1) is 13.8 Å². The van der Waals surface area contributed by atoms with Crippen LogP contribution in [0.5, 0.6) is 0 Å². The number of carbonyl (C=O) groups is 1. The third-order valence-electron chi connectivity index (χ3n) is 3.51. The molecular formula is C14H17N5O. The number of hydrogen-bond acceptors (Lipinski definition) is 4. The van der Waals surface area contributed by atoms with Gasteiger partial charge in [0, 0.05) is 19.3 Å². The van der Waals surface area contributed by atoms with Crippen LogP contribution in [0.25, 0.3) is 0 Å². The van der Waals surface area contributed by atoms with Crippen LogP contribution in [0.3, 0.4) is 0 Å². The van der Waals surface area contributed by atoms with Gasteiger partial charge in [-0.05, 0) is 32.4 Å². The van der Waals surface area contributed by atoms with E-state index in [2.05, 4.69) is 15.1 Å². The molecule has 6 heteroatoms. The molecule has 1 amide bonds. The quantitative estimate of drug-likeness (QED) is 0.841. The minimum atomic E-state index is 0.0830. The van der Waals surface area contributed by atoms with Crippen molar-refractivity contribution in [3.8, 4) is 0 Å². The van der Waals surface area contributed by atoms with E-state index in [0.717, 1.165) is 35.9 Å². The molecular weight excluding hydrogens is 254 g/mol. The summed E-state index contributed by atoms with van der Waals surface area (Å²) in [6.07, 6.45) is 2.60. The molecule has 0 aliphatic carbocycles. The van der Waals surface area contributed by atoms with Gasteiger partial charge >= 0.3 is 0 Å². The predicted octanol–water partition coefficient (Wildman–Crippen LogP) is 1.34. The summed E-state index contributed by atoms with van der Waals surface area (Å²) >= 11 is 0. The van der Waals surface area contributed by atoms with Crippen LogP contribution in [0.15, 0.2) is 18.3 Å². The molecule has 3 rings (SSSR count). The van der Waals surface area contributed by atoms with Crippen molar-refractivity contribution >= 4 is 5.91 Å². The summed E-state index contributed by atoms with van der Waals surface area (Å²) < 4.78 is 1.89. The van der Waals surface area contributed by atoms with Crippen molar-refractivity contribution in [2.45, 2.75) is 33.4 Å². The van der Waals surface area contributed by atoms with Crippen molar-refractivity contribution in [1.82, 2.24) is 24.6 Å². The molecule has 0 saturated heterocycles. The van der Waals surface area contributed by atoms with Gasteiger partial charge in [0.15, 0.2) is 0 Å². The van der Waals surface area contributed by atoms with Crippen LogP contribution in [-0.4, -0.2) is 37.1 Å². The van der Waals surface area contributed by atoms with Gasteiger partial charge in [-0.15, -0.1) is 0 Å². The molecule has 1 aliphatic heterocycles. The fraction of sp³-hybridized carbons (Fsp3) is 0.429. The molecule has 0 aromatic carbocycles. The minimum absolute atomic E-state index is 0.0830. The van der Waals surface area contributed by atoms with Crippen molar-refractivity contribution in [3.05, 3.63) is 41.2 Å². The molecule has 0 atom stereocenters. The average molecular weight is 271 g/mol. The summed E-state index contributed by atoms with van der Waals surface area (Å²) in [4.78, 5) is 22.5. The Morgan fingerprint density at radius 3 is 2.85 bits per heavy atom. The van der Waals surface area contributed by atoms with E-state index in [9.17, 15) is 4.79 Å². The van der Waals surface area contributed by atoms with Gasteiger partial charge < -0.3 is 4.90 Å². The van der Waals surface area contributed by atoms with Crippen LogP contribution in [0.4, 0.5) is 0 Å². The van der Waals surface area contributed by atoms with E-state index in [1.54, 1.807) is 6.20 Å². The third kappa shape index (κ3) is 2.29. The van der Waals surface area contributed by atoms with Gasteiger partial charge in [-0.3, -0.25) is 14.5 Å². The van der Waals surface area contributed by atoms with Gasteiger partial charge in [0.1, 0.15) is 11.6 Å². The smallest absolute Gasteiger partial charge is 0.256 e. The molecule has 0 unspecified atom stereocenters. The second-order valence-electron chi connectivity index (χ2n) is 5.01. The normalized spacial score (nSPS) is 13.9. The average Bonchev–Trinajstić information content (AvgIpc) is 2.91. The number of carbonyl (C=O) groups excluding carboxylic acids is 1. The summed E-state index contributed by atoms with van der Waals surface area (Å²) in [5.41, 5.74) is 1.62. The maximum atomic E-state index is 12.2. The van der Waals surface area contributed by atoms with E-state index in [4.69, 9.17) is 0 Å². The molecule has 3 heterocycles. The van der Waals surface area contributed by atoms with Crippen LogP contribution in [-0.2, 0) is 13.1 Å². The Morgan fingerprint density at radius 1 is 1.30 bits per heavy atom. The third-order valence-corrected chi connectivity index (χ3v) is 3.51. The Kier molecular flexibility index (Phi) is 3.22. The van der Waals surface area contributed by atoms with E-state index >= 15 is 0 Å². The number of fused-ring (bicyclic) bond motifs is 1.